The highest BCUT2D eigenvalue weighted by molar-refractivity contribution is 5.69. The Labute approximate surface area is 153 Å². The summed E-state index contributed by atoms with van der Waals surface area (Å²) in [5.41, 5.74) is 1.30. The van der Waals surface area contributed by atoms with Crippen molar-refractivity contribution in [2.24, 2.45) is 0 Å². The molecule has 7 heteroatoms. The number of hydrogen-bond acceptors (Lipinski definition) is 6. The van der Waals surface area contributed by atoms with Gasteiger partial charge in [-0.15, -0.1) is 0 Å². The maximum atomic E-state index is 12.5. The Morgan fingerprint density at radius 1 is 1.35 bits per heavy atom. The molecule has 1 aliphatic heterocycles. The van der Waals surface area contributed by atoms with Crippen molar-refractivity contribution in [3.63, 3.8) is 0 Å². The van der Waals surface area contributed by atoms with E-state index in [9.17, 15) is 4.79 Å². The Morgan fingerprint density at radius 2 is 2.12 bits per heavy atom. The molecule has 1 saturated heterocycles. The predicted molar refractivity (Wildman–Crippen MR) is 95.9 cm³/mol. The molecular weight excluding hydrogens is 334 g/mol. The number of nitrogens with zero attached hydrogens (tertiary/aromatic N) is 3. The van der Waals surface area contributed by atoms with Crippen LogP contribution in [0.15, 0.2) is 22.7 Å². The summed E-state index contributed by atoms with van der Waals surface area (Å²) >= 11 is 0. The molecule has 1 unspecified atom stereocenters. The van der Waals surface area contributed by atoms with Crippen molar-refractivity contribution in [1.82, 2.24) is 15.0 Å². The van der Waals surface area contributed by atoms with Crippen LogP contribution in [0.3, 0.4) is 0 Å². The van der Waals surface area contributed by atoms with Crippen molar-refractivity contribution in [3.05, 3.63) is 29.6 Å². The van der Waals surface area contributed by atoms with Crippen LogP contribution in [0.4, 0.5) is 4.79 Å². The lowest BCUT2D eigenvalue weighted by Crippen LogP contribution is -2.36. The van der Waals surface area contributed by atoms with Gasteiger partial charge < -0.3 is 14.0 Å². The molecule has 0 bridgehead atoms. The molecule has 1 aliphatic rings. The zero-order valence-electron chi connectivity index (χ0n) is 15.9. The Balaban J connectivity index is 1.84. The highest BCUT2D eigenvalue weighted by Crippen LogP contribution is 2.33. The monoisotopic (exact) mass is 359 g/mol. The van der Waals surface area contributed by atoms with E-state index in [1.54, 1.807) is 12.0 Å². The van der Waals surface area contributed by atoms with Gasteiger partial charge in [0, 0.05) is 12.1 Å². The fourth-order valence-electron chi connectivity index (χ4n) is 3.01. The zero-order chi connectivity index (χ0) is 18.9. The van der Waals surface area contributed by atoms with Gasteiger partial charge in [0.05, 0.1) is 13.2 Å². The molecule has 3 rings (SSSR count). The quantitative estimate of drug-likeness (QED) is 0.820. The highest BCUT2D eigenvalue weighted by Gasteiger charge is 2.36. The summed E-state index contributed by atoms with van der Waals surface area (Å²) in [5.74, 6) is 1.65. The van der Waals surface area contributed by atoms with Crippen LogP contribution in [-0.4, -0.2) is 40.4 Å². The van der Waals surface area contributed by atoms with Crippen molar-refractivity contribution in [2.75, 3.05) is 13.7 Å². The summed E-state index contributed by atoms with van der Waals surface area (Å²) in [6.45, 7) is 8.17. The topological polar surface area (TPSA) is 77.7 Å². The van der Waals surface area contributed by atoms with Gasteiger partial charge in [0.15, 0.2) is 5.82 Å². The van der Waals surface area contributed by atoms with E-state index < -0.39 is 5.60 Å². The molecule has 2 aromatic rings. The van der Waals surface area contributed by atoms with Crippen LogP contribution in [0.2, 0.25) is 0 Å². The van der Waals surface area contributed by atoms with E-state index in [2.05, 4.69) is 10.1 Å². The van der Waals surface area contributed by atoms with Crippen molar-refractivity contribution in [1.29, 1.82) is 0 Å². The van der Waals surface area contributed by atoms with Crippen LogP contribution in [0.1, 0.15) is 51.0 Å². The van der Waals surface area contributed by atoms with Gasteiger partial charge in [-0.05, 0) is 58.2 Å². The summed E-state index contributed by atoms with van der Waals surface area (Å²) in [4.78, 5) is 18.7. The van der Waals surface area contributed by atoms with Gasteiger partial charge in [0.1, 0.15) is 11.4 Å². The Bertz CT molecular complexity index is 794. The van der Waals surface area contributed by atoms with Crippen molar-refractivity contribution >= 4 is 6.09 Å². The SMILES string of the molecule is COc1ccc(C)c(-c2nc(C3CCCN3C(=O)OC(C)(C)C)no2)c1. The predicted octanol–water partition coefficient (Wildman–Crippen LogP) is 4.13. The summed E-state index contributed by atoms with van der Waals surface area (Å²) in [5, 5.41) is 4.12. The highest BCUT2D eigenvalue weighted by atomic mass is 16.6. The zero-order valence-corrected chi connectivity index (χ0v) is 15.9. The van der Waals surface area contributed by atoms with E-state index in [0.29, 0.717) is 18.3 Å². The summed E-state index contributed by atoms with van der Waals surface area (Å²) in [7, 11) is 1.62. The van der Waals surface area contributed by atoms with E-state index in [4.69, 9.17) is 14.0 Å². The van der Waals surface area contributed by atoms with E-state index >= 15 is 0 Å². The minimum atomic E-state index is -0.537. The lowest BCUT2D eigenvalue weighted by atomic mass is 10.1. The third kappa shape index (κ3) is 3.81. The van der Waals surface area contributed by atoms with Gasteiger partial charge in [-0.3, -0.25) is 4.90 Å². The number of aromatic nitrogens is 2. The number of likely N-dealkylation sites (tertiary alicyclic amines) is 1. The smallest absolute Gasteiger partial charge is 0.410 e. The van der Waals surface area contributed by atoms with Crippen LogP contribution in [0.5, 0.6) is 5.75 Å². The lowest BCUT2D eigenvalue weighted by molar-refractivity contribution is 0.0217. The standard InChI is InChI=1S/C19H25N3O4/c1-12-8-9-13(24-5)11-14(12)17-20-16(21-26-17)15-7-6-10-22(15)18(23)25-19(2,3)4/h8-9,11,15H,6-7,10H2,1-5H3. The third-order valence-corrected chi connectivity index (χ3v) is 4.30. The number of rotatable bonds is 3. The molecule has 0 saturated carbocycles. The molecule has 0 radical (unpaired) electrons. The van der Waals surface area contributed by atoms with Gasteiger partial charge in [0.2, 0.25) is 0 Å². The summed E-state index contributed by atoms with van der Waals surface area (Å²) < 4.78 is 16.2. The number of aryl methyl sites for hydroxylation is 1. The first-order chi connectivity index (χ1) is 12.3. The van der Waals surface area contributed by atoms with Crippen LogP contribution in [-0.2, 0) is 4.74 Å². The molecule has 2 heterocycles. The van der Waals surface area contributed by atoms with E-state index in [0.717, 1.165) is 29.7 Å². The van der Waals surface area contributed by atoms with E-state index in [1.807, 2.05) is 45.9 Å². The lowest BCUT2D eigenvalue weighted by Gasteiger charge is -2.27. The van der Waals surface area contributed by atoms with Crippen molar-refractivity contribution in [3.8, 4) is 17.2 Å². The summed E-state index contributed by atoms with van der Waals surface area (Å²) in [6, 6.07) is 5.47. The first-order valence-corrected chi connectivity index (χ1v) is 8.77. The molecule has 140 valence electrons. The maximum Gasteiger partial charge on any atom is 0.410 e. The second kappa shape index (κ2) is 6.97. The molecule has 1 aromatic heterocycles. The Morgan fingerprint density at radius 3 is 2.81 bits per heavy atom. The van der Waals surface area contributed by atoms with E-state index in [-0.39, 0.29) is 12.1 Å². The van der Waals surface area contributed by atoms with Crippen LogP contribution >= 0.6 is 0 Å². The van der Waals surface area contributed by atoms with Crippen LogP contribution in [0.25, 0.3) is 11.5 Å². The number of methoxy groups -OCH3 is 1. The van der Waals surface area contributed by atoms with Gasteiger partial charge in [-0.2, -0.15) is 4.98 Å². The largest absolute Gasteiger partial charge is 0.497 e. The molecule has 1 aromatic carbocycles. The van der Waals surface area contributed by atoms with Crippen LogP contribution < -0.4 is 4.74 Å². The van der Waals surface area contributed by atoms with Crippen molar-refractivity contribution in [2.45, 2.75) is 52.2 Å². The molecular formula is C19H25N3O4. The first kappa shape index (κ1) is 18.2. The van der Waals surface area contributed by atoms with E-state index in [1.165, 1.54) is 0 Å². The average Bonchev–Trinajstić information content (AvgIpc) is 3.22. The molecule has 1 fully saturated rings. The van der Waals surface area contributed by atoms with Gasteiger partial charge in [-0.1, -0.05) is 11.2 Å². The fraction of sp³-hybridized carbons (Fsp3) is 0.526. The molecule has 0 spiro atoms. The molecule has 7 nitrogen and oxygen atoms in total. The molecule has 0 N–H and O–H groups in total. The Kier molecular flexibility index (Phi) is 4.89. The summed E-state index contributed by atoms with van der Waals surface area (Å²) in [6.07, 6.45) is 1.32. The fourth-order valence-corrected chi connectivity index (χ4v) is 3.01. The molecule has 0 aliphatic carbocycles. The van der Waals surface area contributed by atoms with Crippen molar-refractivity contribution < 1.29 is 18.8 Å². The van der Waals surface area contributed by atoms with Gasteiger partial charge in [0.25, 0.3) is 5.89 Å². The third-order valence-electron chi connectivity index (χ3n) is 4.30. The maximum absolute atomic E-state index is 12.5. The molecule has 26 heavy (non-hydrogen) atoms. The average molecular weight is 359 g/mol. The van der Waals surface area contributed by atoms with Gasteiger partial charge in [-0.25, -0.2) is 4.79 Å². The second-order valence-corrected chi connectivity index (χ2v) is 7.47. The minimum absolute atomic E-state index is 0.228. The minimum Gasteiger partial charge on any atom is -0.497 e. The number of benzene rings is 1. The molecule has 1 amide bonds. The Hall–Kier alpha value is -2.57. The number of amides is 1. The molecule has 1 atom stereocenters. The number of ether oxygens (including phenoxy) is 2. The van der Waals surface area contributed by atoms with Gasteiger partial charge >= 0.3 is 6.09 Å². The number of carbonyl (C=O) groups is 1. The van der Waals surface area contributed by atoms with Crippen LogP contribution in [0, 0.1) is 6.92 Å². The normalized spacial score (nSPS) is 17.4. The second-order valence-electron chi connectivity index (χ2n) is 7.47. The first-order valence-electron chi connectivity index (χ1n) is 8.77. The number of carbonyl (C=O) groups excluding carboxylic acids is 1. The number of hydrogen-bond donors (Lipinski definition) is 0.